The van der Waals surface area contributed by atoms with Crippen molar-refractivity contribution >= 4 is 40.5 Å². The second kappa shape index (κ2) is 11.4. The third-order valence-electron chi connectivity index (χ3n) is 6.88. The van der Waals surface area contributed by atoms with Crippen LogP contribution in [0.1, 0.15) is 32.1 Å². The lowest BCUT2D eigenvalue weighted by atomic mass is 9.92. The van der Waals surface area contributed by atoms with E-state index in [2.05, 4.69) is 26.2 Å². The standard InChI is InChI=1S/C26H28ClN5O8/c1-4-14(3)29-19-17-20(31-24(27)30-19)32(13-28-17)21-18(33)25(38,5-2)16(40-21)12-39-26(22(34)35,23(36)37)11-15-9-7-6-8-10-15/h2,6-10,13-14,16,18,21,33,38H,4,11-12H2,1,3H3,(H,34,35)(H,36,37)(H,29,30,31)/t14-,16+,18-,21+,25+/m0/s1. The molecule has 0 saturated carbocycles. The number of carboxylic acids is 2. The van der Waals surface area contributed by atoms with Crippen LogP contribution in [0.25, 0.3) is 11.2 Å². The van der Waals surface area contributed by atoms with E-state index in [1.54, 1.807) is 30.3 Å². The molecule has 212 valence electrons. The number of aromatic nitrogens is 4. The van der Waals surface area contributed by atoms with Gasteiger partial charge in [-0.1, -0.05) is 43.2 Å². The minimum atomic E-state index is -2.73. The van der Waals surface area contributed by atoms with Gasteiger partial charge in [0, 0.05) is 12.5 Å². The molecule has 0 spiro atoms. The number of imidazole rings is 1. The molecule has 2 aromatic heterocycles. The first kappa shape index (κ1) is 29.2. The van der Waals surface area contributed by atoms with Crippen molar-refractivity contribution in [1.82, 2.24) is 19.5 Å². The predicted molar refractivity (Wildman–Crippen MR) is 142 cm³/mol. The molecule has 0 unspecified atom stereocenters. The number of carbonyl (C=O) groups is 2. The van der Waals surface area contributed by atoms with E-state index in [1.165, 1.54) is 10.9 Å². The maximum atomic E-state index is 12.2. The quantitative estimate of drug-likeness (QED) is 0.126. The number of hydrogen-bond acceptors (Lipinski definition) is 10. The van der Waals surface area contributed by atoms with Crippen molar-refractivity contribution in [3.63, 3.8) is 0 Å². The lowest BCUT2D eigenvalue weighted by molar-refractivity contribution is -0.191. The molecule has 3 aromatic rings. The lowest BCUT2D eigenvalue weighted by Crippen LogP contribution is -2.55. The van der Waals surface area contributed by atoms with Crippen molar-refractivity contribution in [2.75, 3.05) is 11.9 Å². The van der Waals surface area contributed by atoms with Gasteiger partial charge in [-0.25, -0.2) is 14.6 Å². The number of terminal acetylenes is 1. The summed E-state index contributed by atoms with van der Waals surface area (Å²) >= 11 is 6.14. The fourth-order valence-corrected chi connectivity index (χ4v) is 4.51. The molecule has 4 rings (SSSR count). The summed E-state index contributed by atoms with van der Waals surface area (Å²) in [5.74, 6) is -1.11. The molecule has 0 aliphatic carbocycles. The number of aliphatic hydroxyl groups is 2. The number of aliphatic carboxylic acids is 2. The Kier molecular flexibility index (Phi) is 8.29. The molecule has 40 heavy (non-hydrogen) atoms. The Bertz CT molecular complexity index is 1430. The molecule has 5 atom stereocenters. The fourth-order valence-electron chi connectivity index (χ4n) is 4.35. The molecule has 3 heterocycles. The Morgan fingerprint density at radius 1 is 1.30 bits per heavy atom. The zero-order valence-corrected chi connectivity index (χ0v) is 22.3. The average molecular weight is 574 g/mol. The van der Waals surface area contributed by atoms with Crippen molar-refractivity contribution in [3.8, 4) is 12.3 Å². The number of ether oxygens (including phenoxy) is 2. The van der Waals surface area contributed by atoms with Crippen molar-refractivity contribution in [3.05, 3.63) is 47.5 Å². The van der Waals surface area contributed by atoms with Crippen LogP contribution in [-0.4, -0.2) is 87.9 Å². The molecule has 1 fully saturated rings. The van der Waals surface area contributed by atoms with Crippen LogP contribution in [-0.2, 0) is 25.5 Å². The molecule has 5 N–H and O–H groups in total. The van der Waals surface area contributed by atoms with Crippen LogP contribution in [0.4, 0.5) is 5.82 Å². The summed E-state index contributed by atoms with van der Waals surface area (Å²) in [7, 11) is 0. The molecule has 1 aromatic carbocycles. The normalized spacial score (nSPS) is 23.6. The number of halogens is 1. The van der Waals surface area contributed by atoms with Crippen LogP contribution < -0.4 is 5.32 Å². The van der Waals surface area contributed by atoms with Gasteiger partial charge in [0.25, 0.3) is 5.60 Å². The fraction of sp³-hybridized carbons (Fsp3) is 0.423. The van der Waals surface area contributed by atoms with Gasteiger partial charge in [0.2, 0.25) is 5.28 Å². The van der Waals surface area contributed by atoms with Gasteiger partial charge in [0.1, 0.15) is 12.2 Å². The van der Waals surface area contributed by atoms with E-state index < -0.39 is 54.6 Å². The zero-order chi connectivity index (χ0) is 29.2. The van der Waals surface area contributed by atoms with Crippen LogP contribution >= 0.6 is 11.6 Å². The van der Waals surface area contributed by atoms with E-state index in [4.69, 9.17) is 27.5 Å². The topological polar surface area (TPSA) is 189 Å². The Morgan fingerprint density at radius 2 is 1.98 bits per heavy atom. The number of aliphatic hydroxyl groups excluding tert-OH is 1. The van der Waals surface area contributed by atoms with Crippen LogP contribution in [0, 0.1) is 12.3 Å². The van der Waals surface area contributed by atoms with Gasteiger partial charge < -0.3 is 35.2 Å². The summed E-state index contributed by atoms with van der Waals surface area (Å²) < 4.78 is 12.6. The highest BCUT2D eigenvalue weighted by Crippen LogP contribution is 2.39. The number of nitrogens with zero attached hydrogens (tertiary/aromatic N) is 4. The third-order valence-corrected chi connectivity index (χ3v) is 7.05. The third kappa shape index (κ3) is 5.19. The van der Waals surface area contributed by atoms with E-state index in [0.717, 1.165) is 6.42 Å². The Hall–Kier alpha value is -3.80. The maximum absolute atomic E-state index is 12.2. The minimum absolute atomic E-state index is 0.0281. The number of nitrogens with one attached hydrogen (secondary N) is 1. The van der Waals surface area contributed by atoms with E-state index in [0.29, 0.717) is 16.9 Å². The highest BCUT2D eigenvalue weighted by atomic mass is 35.5. The SMILES string of the molecule is C#C[C@@]1(O)[C@@H](COC(Cc2ccccc2)(C(=O)O)C(=O)O)O[C@@H](n2cnc3c(N[C@@H](C)CC)nc(Cl)nc32)[C@@H]1O. The summed E-state index contributed by atoms with van der Waals surface area (Å²) in [5.41, 5.74) is -4.28. The summed E-state index contributed by atoms with van der Waals surface area (Å²) in [6.07, 6.45) is 2.42. The molecule has 0 amide bonds. The van der Waals surface area contributed by atoms with E-state index >= 15 is 0 Å². The largest absolute Gasteiger partial charge is 0.479 e. The summed E-state index contributed by atoms with van der Waals surface area (Å²) in [5, 5.41) is 45.1. The molecule has 13 nitrogen and oxygen atoms in total. The van der Waals surface area contributed by atoms with E-state index in [-0.39, 0.29) is 17.0 Å². The second-order valence-electron chi connectivity index (χ2n) is 9.46. The van der Waals surface area contributed by atoms with Gasteiger partial charge in [-0.2, -0.15) is 9.97 Å². The molecule has 14 heteroatoms. The zero-order valence-electron chi connectivity index (χ0n) is 21.6. The Balaban J connectivity index is 1.66. The van der Waals surface area contributed by atoms with E-state index in [1.807, 2.05) is 13.8 Å². The maximum Gasteiger partial charge on any atom is 0.348 e. The molecule has 1 aliphatic rings. The number of rotatable bonds is 11. The number of benzene rings is 1. The first-order valence-corrected chi connectivity index (χ1v) is 12.7. The number of carboxylic acid groups (broad SMARTS) is 2. The van der Waals surface area contributed by atoms with Gasteiger partial charge in [-0.15, -0.1) is 6.42 Å². The molecule has 1 saturated heterocycles. The number of anilines is 1. The highest BCUT2D eigenvalue weighted by molar-refractivity contribution is 6.28. The summed E-state index contributed by atoms with van der Waals surface area (Å²) in [4.78, 5) is 37.0. The predicted octanol–water partition coefficient (Wildman–Crippen LogP) is 1.48. The monoisotopic (exact) mass is 573 g/mol. The van der Waals surface area contributed by atoms with Gasteiger partial charge in [-0.3, -0.25) is 4.57 Å². The van der Waals surface area contributed by atoms with Gasteiger partial charge in [0.05, 0.1) is 12.9 Å². The molecule has 1 aliphatic heterocycles. The van der Waals surface area contributed by atoms with Crippen molar-refractivity contribution < 1.29 is 39.5 Å². The molecular weight excluding hydrogens is 546 g/mol. The first-order valence-electron chi connectivity index (χ1n) is 12.3. The van der Waals surface area contributed by atoms with Gasteiger partial charge in [0.15, 0.2) is 28.8 Å². The highest BCUT2D eigenvalue weighted by Gasteiger charge is 2.58. The Labute approximate surface area is 233 Å². The first-order chi connectivity index (χ1) is 19.0. The second-order valence-corrected chi connectivity index (χ2v) is 9.80. The van der Waals surface area contributed by atoms with Crippen LogP contribution in [0.15, 0.2) is 36.7 Å². The van der Waals surface area contributed by atoms with Crippen molar-refractivity contribution in [2.24, 2.45) is 0 Å². The van der Waals surface area contributed by atoms with Crippen molar-refractivity contribution in [2.45, 2.75) is 62.4 Å². The van der Waals surface area contributed by atoms with Crippen LogP contribution in [0.2, 0.25) is 5.28 Å². The molecular formula is C26H28ClN5O8. The smallest absolute Gasteiger partial charge is 0.348 e. The molecule has 0 radical (unpaired) electrons. The van der Waals surface area contributed by atoms with E-state index in [9.17, 15) is 30.0 Å². The van der Waals surface area contributed by atoms with Gasteiger partial charge >= 0.3 is 11.9 Å². The van der Waals surface area contributed by atoms with Crippen LogP contribution in [0.5, 0.6) is 0 Å². The van der Waals surface area contributed by atoms with Crippen LogP contribution in [0.3, 0.4) is 0 Å². The van der Waals surface area contributed by atoms with Crippen molar-refractivity contribution in [1.29, 1.82) is 0 Å². The lowest BCUT2D eigenvalue weighted by Gasteiger charge is -2.30. The summed E-state index contributed by atoms with van der Waals surface area (Å²) in [6.45, 7) is 3.13. The Morgan fingerprint density at radius 3 is 2.58 bits per heavy atom. The average Bonchev–Trinajstić information content (AvgIpc) is 3.45. The molecule has 0 bridgehead atoms. The number of hydrogen-bond donors (Lipinski definition) is 5. The van der Waals surface area contributed by atoms with Gasteiger partial charge in [-0.05, 0) is 30.5 Å². The number of fused-ring (bicyclic) bond motifs is 1. The minimum Gasteiger partial charge on any atom is -0.479 e. The summed E-state index contributed by atoms with van der Waals surface area (Å²) in [6, 6.07) is 8.06.